The van der Waals surface area contributed by atoms with Crippen LogP contribution in [0.3, 0.4) is 0 Å². The third-order valence-corrected chi connectivity index (χ3v) is 6.33. The largest absolute Gasteiger partial charge is 0.340 e. The first-order valence-electron chi connectivity index (χ1n) is 10.6. The van der Waals surface area contributed by atoms with Gasteiger partial charge in [0, 0.05) is 75.0 Å². The van der Waals surface area contributed by atoms with Gasteiger partial charge in [0.25, 0.3) is 11.5 Å². The molecular weight excluding hydrogens is 394 g/mol. The zero-order valence-corrected chi connectivity index (χ0v) is 17.9. The summed E-state index contributed by atoms with van der Waals surface area (Å²) in [6.07, 6.45) is 6.16. The molecule has 2 aliphatic rings. The zero-order valence-electron chi connectivity index (χ0n) is 17.9. The normalized spacial score (nSPS) is 20.2. The highest BCUT2D eigenvalue weighted by atomic mass is 16.2. The molecule has 0 spiro atoms. The summed E-state index contributed by atoms with van der Waals surface area (Å²) in [6, 6.07) is 5.98. The van der Waals surface area contributed by atoms with E-state index in [1.165, 1.54) is 0 Å². The summed E-state index contributed by atoms with van der Waals surface area (Å²) >= 11 is 0. The highest BCUT2D eigenvalue weighted by Gasteiger charge is 2.37. The van der Waals surface area contributed by atoms with Crippen molar-refractivity contribution in [1.29, 1.82) is 0 Å². The molecule has 1 N–H and O–H groups in total. The predicted octanol–water partition coefficient (Wildman–Crippen LogP) is 1.20. The maximum atomic E-state index is 13.2. The minimum atomic E-state index is -0.0249. The van der Waals surface area contributed by atoms with Gasteiger partial charge in [0.05, 0.1) is 6.33 Å². The molecule has 31 heavy (non-hydrogen) atoms. The smallest absolute Gasteiger partial charge is 0.274 e. The summed E-state index contributed by atoms with van der Waals surface area (Å²) in [5.41, 5.74) is 3.43. The molecule has 2 bridgehead atoms. The number of carbonyl (C=O) groups is 1. The van der Waals surface area contributed by atoms with Crippen molar-refractivity contribution in [2.75, 3.05) is 20.1 Å². The van der Waals surface area contributed by atoms with E-state index in [4.69, 9.17) is 0 Å². The third kappa shape index (κ3) is 3.81. The molecule has 9 nitrogen and oxygen atoms in total. The molecule has 5 heterocycles. The minimum Gasteiger partial charge on any atom is -0.340 e. The van der Waals surface area contributed by atoms with E-state index in [2.05, 4.69) is 26.1 Å². The van der Waals surface area contributed by atoms with Crippen LogP contribution in [0.15, 0.2) is 41.7 Å². The van der Waals surface area contributed by atoms with E-state index in [1.807, 2.05) is 35.7 Å². The van der Waals surface area contributed by atoms with Gasteiger partial charge in [-0.15, -0.1) is 0 Å². The van der Waals surface area contributed by atoms with Crippen LogP contribution in [0.1, 0.15) is 39.8 Å². The van der Waals surface area contributed by atoms with Gasteiger partial charge in [-0.25, -0.2) is 4.98 Å². The lowest BCUT2D eigenvalue weighted by atomic mass is 9.83. The summed E-state index contributed by atoms with van der Waals surface area (Å²) in [5, 5.41) is 6.94. The molecule has 1 saturated heterocycles. The number of aromatic amines is 1. The summed E-state index contributed by atoms with van der Waals surface area (Å²) in [6.45, 7) is 3.25. The van der Waals surface area contributed by atoms with Crippen LogP contribution in [0.25, 0.3) is 0 Å². The number of fused-ring (bicyclic) bond motifs is 4. The molecule has 2 aliphatic heterocycles. The number of nitrogens with one attached hydrogen (secondary N) is 1. The lowest BCUT2D eigenvalue weighted by Gasteiger charge is -2.42. The summed E-state index contributed by atoms with van der Waals surface area (Å²) in [7, 11) is 3.86. The number of aryl methyl sites for hydroxylation is 1. The minimum absolute atomic E-state index is 0.0249. The lowest BCUT2D eigenvalue weighted by Crippen LogP contribution is -2.49. The zero-order chi connectivity index (χ0) is 21.5. The number of hydrogen-bond donors (Lipinski definition) is 1. The fourth-order valence-electron chi connectivity index (χ4n) is 4.97. The molecule has 162 valence electrons. The van der Waals surface area contributed by atoms with Crippen molar-refractivity contribution in [2.24, 2.45) is 13.0 Å². The second kappa shape index (κ2) is 7.81. The predicted molar refractivity (Wildman–Crippen MR) is 114 cm³/mol. The first-order valence-corrected chi connectivity index (χ1v) is 10.6. The Kier molecular flexibility index (Phi) is 4.97. The number of amides is 1. The molecule has 1 fully saturated rings. The van der Waals surface area contributed by atoms with Gasteiger partial charge in [0.15, 0.2) is 0 Å². The molecule has 0 unspecified atom stereocenters. The average molecular weight is 422 g/mol. The van der Waals surface area contributed by atoms with Gasteiger partial charge in [0.2, 0.25) is 0 Å². The van der Waals surface area contributed by atoms with Crippen molar-refractivity contribution >= 4 is 5.91 Å². The summed E-state index contributed by atoms with van der Waals surface area (Å²) < 4.78 is 3.73. The van der Waals surface area contributed by atoms with E-state index < -0.39 is 0 Å². The van der Waals surface area contributed by atoms with Gasteiger partial charge >= 0.3 is 0 Å². The molecule has 3 aromatic rings. The van der Waals surface area contributed by atoms with Crippen LogP contribution in [-0.4, -0.2) is 60.2 Å². The number of nitrogens with zero attached hydrogens (tertiary/aromatic N) is 6. The molecule has 0 saturated carbocycles. The van der Waals surface area contributed by atoms with E-state index in [0.717, 1.165) is 23.4 Å². The first-order chi connectivity index (χ1) is 15.0. The van der Waals surface area contributed by atoms with Crippen LogP contribution in [0.5, 0.6) is 0 Å². The van der Waals surface area contributed by atoms with Crippen LogP contribution in [0.2, 0.25) is 0 Å². The van der Waals surface area contributed by atoms with Crippen LogP contribution in [0.4, 0.5) is 0 Å². The van der Waals surface area contributed by atoms with E-state index >= 15 is 0 Å². The number of rotatable bonds is 5. The molecule has 1 amide bonds. The average Bonchev–Trinajstić information content (AvgIpc) is 3.41. The maximum absolute atomic E-state index is 13.2. The van der Waals surface area contributed by atoms with E-state index in [9.17, 15) is 9.59 Å². The maximum Gasteiger partial charge on any atom is 0.274 e. The Morgan fingerprint density at radius 3 is 2.84 bits per heavy atom. The Morgan fingerprint density at radius 2 is 2.10 bits per heavy atom. The van der Waals surface area contributed by atoms with Gasteiger partial charge in [-0.3, -0.25) is 19.6 Å². The quantitative estimate of drug-likeness (QED) is 0.668. The number of likely N-dealkylation sites (tertiary alicyclic amines) is 1. The molecule has 0 radical (unpaired) electrons. The van der Waals surface area contributed by atoms with Crippen molar-refractivity contribution in [1.82, 2.24) is 34.1 Å². The fraction of sp³-hybridized carbons (Fsp3) is 0.455. The van der Waals surface area contributed by atoms with Crippen molar-refractivity contribution in [3.8, 4) is 0 Å². The SMILES string of the molecule is CN(Cc1ccn[nH]1)Cc1ccc2n(c1=O)C[C@H]1C[C@@H]2CN(C(=O)c2cn(C)cn2)C1. The summed E-state index contributed by atoms with van der Waals surface area (Å²) in [5.74, 6) is 0.447. The number of aromatic nitrogens is 5. The highest BCUT2D eigenvalue weighted by Crippen LogP contribution is 2.35. The van der Waals surface area contributed by atoms with E-state index in [1.54, 1.807) is 23.3 Å². The topological polar surface area (TPSA) is 92.0 Å². The monoisotopic (exact) mass is 421 g/mol. The van der Waals surface area contributed by atoms with Crippen LogP contribution < -0.4 is 5.56 Å². The van der Waals surface area contributed by atoms with E-state index in [-0.39, 0.29) is 23.3 Å². The van der Waals surface area contributed by atoms with Gasteiger partial charge in [-0.1, -0.05) is 6.07 Å². The van der Waals surface area contributed by atoms with Gasteiger partial charge in [0.1, 0.15) is 5.69 Å². The number of hydrogen-bond acceptors (Lipinski definition) is 5. The van der Waals surface area contributed by atoms with Crippen molar-refractivity contribution in [3.63, 3.8) is 0 Å². The molecular formula is C22H27N7O2. The highest BCUT2D eigenvalue weighted by molar-refractivity contribution is 5.92. The standard InChI is InChI=1S/C22H27N7O2/c1-26(12-18-5-6-24-25-18)10-16-3-4-20-17-7-15(9-29(20)21(16)30)8-28(11-17)22(31)19-13-27(2)14-23-19/h3-6,13-15,17H,7-12H2,1-2H3,(H,24,25)/t15-,17+/m0/s1. The molecule has 2 atom stereocenters. The molecule has 0 aromatic carbocycles. The van der Waals surface area contributed by atoms with Gasteiger partial charge in [-0.05, 0) is 31.5 Å². The number of imidazole rings is 1. The first kappa shape index (κ1) is 19.7. The molecule has 3 aromatic heterocycles. The Morgan fingerprint density at radius 1 is 1.23 bits per heavy atom. The van der Waals surface area contributed by atoms with E-state index in [0.29, 0.717) is 38.4 Å². The lowest BCUT2D eigenvalue weighted by molar-refractivity contribution is 0.0588. The molecule has 9 heteroatoms. The number of piperidine rings is 1. The molecule has 0 aliphatic carbocycles. The Labute approximate surface area is 180 Å². The van der Waals surface area contributed by atoms with Crippen LogP contribution >= 0.6 is 0 Å². The number of H-pyrrole nitrogens is 1. The second-order valence-corrected chi connectivity index (χ2v) is 8.89. The van der Waals surface area contributed by atoms with Crippen molar-refractivity contribution < 1.29 is 4.79 Å². The van der Waals surface area contributed by atoms with Crippen LogP contribution in [-0.2, 0) is 26.7 Å². The van der Waals surface area contributed by atoms with Crippen molar-refractivity contribution in [3.05, 3.63) is 69.9 Å². The van der Waals surface area contributed by atoms with Crippen molar-refractivity contribution in [2.45, 2.75) is 32.0 Å². The summed E-state index contributed by atoms with van der Waals surface area (Å²) in [4.78, 5) is 34.4. The Hall–Kier alpha value is -3.20. The third-order valence-electron chi connectivity index (χ3n) is 6.33. The Bertz CT molecular complexity index is 1150. The number of pyridine rings is 1. The fourth-order valence-corrected chi connectivity index (χ4v) is 4.97. The van der Waals surface area contributed by atoms with Gasteiger partial charge < -0.3 is 14.0 Å². The van der Waals surface area contributed by atoms with Crippen LogP contribution in [0, 0.1) is 5.92 Å². The van der Waals surface area contributed by atoms with Gasteiger partial charge in [-0.2, -0.15) is 5.10 Å². The molecule has 5 rings (SSSR count). The number of carbonyl (C=O) groups excluding carboxylic acids is 1. The Balaban J connectivity index is 1.34. The second-order valence-electron chi connectivity index (χ2n) is 8.89.